The van der Waals surface area contributed by atoms with Crippen molar-refractivity contribution in [1.29, 1.82) is 0 Å². The van der Waals surface area contributed by atoms with Crippen LogP contribution in [0.4, 0.5) is 0 Å². The van der Waals surface area contributed by atoms with Crippen molar-refractivity contribution in [1.82, 2.24) is 10.3 Å². The Bertz CT molecular complexity index is 576. The van der Waals surface area contributed by atoms with Crippen molar-refractivity contribution < 1.29 is 4.74 Å². The van der Waals surface area contributed by atoms with Gasteiger partial charge >= 0.3 is 0 Å². The van der Waals surface area contributed by atoms with E-state index in [4.69, 9.17) is 27.9 Å². The predicted molar refractivity (Wildman–Crippen MR) is 82.8 cm³/mol. The largest absolute Gasteiger partial charge is 0.439 e. The quantitative estimate of drug-likeness (QED) is 0.787. The molecule has 0 bridgehead atoms. The summed E-state index contributed by atoms with van der Waals surface area (Å²) in [6.07, 6.45) is 1.07. The summed E-state index contributed by atoms with van der Waals surface area (Å²) in [6, 6.07) is 10.7. The van der Waals surface area contributed by atoms with Crippen LogP contribution in [-0.2, 0) is 6.54 Å². The van der Waals surface area contributed by atoms with Crippen LogP contribution in [0.25, 0.3) is 0 Å². The molecule has 0 atom stereocenters. The second-order valence-corrected chi connectivity index (χ2v) is 5.16. The molecule has 0 radical (unpaired) electrons. The van der Waals surface area contributed by atoms with E-state index in [1.165, 1.54) is 0 Å². The third-order valence-electron chi connectivity index (χ3n) is 2.63. The average molecular weight is 311 g/mol. The first kappa shape index (κ1) is 15.1. The normalized spacial score (nSPS) is 10.6. The van der Waals surface area contributed by atoms with Gasteiger partial charge in [-0.25, -0.2) is 4.98 Å². The van der Waals surface area contributed by atoms with Crippen LogP contribution in [0, 0.1) is 0 Å². The summed E-state index contributed by atoms with van der Waals surface area (Å²) in [7, 11) is 0. The summed E-state index contributed by atoms with van der Waals surface area (Å²) in [5, 5.41) is 4.53. The van der Waals surface area contributed by atoms with E-state index in [0.717, 1.165) is 18.7 Å². The Kier molecular flexibility index (Phi) is 5.65. The van der Waals surface area contributed by atoms with E-state index in [0.29, 0.717) is 28.2 Å². The first-order valence-corrected chi connectivity index (χ1v) is 7.24. The smallest absolute Gasteiger partial charge is 0.219 e. The fourth-order valence-corrected chi connectivity index (χ4v) is 2.03. The third-order valence-corrected chi connectivity index (χ3v) is 3.21. The Balaban J connectivity index is 2.10. The van der Waals surface area contributed by atoms with Gasteiger partial charge in [0.05, 0.1) is 10.7 Å². The number of rotatable bonds is 6. The van der Waals surface area contributed by atoms with Gasteiger partial charge in [0.25, 0.3) is 0 Å². The van der Waals surface area contributed by atoms with Gasteiger partial charge in [-0.05, 0) is 37.2 Å². The maximum Gasteiger partial charge on any atom is 0.219 e. The molecule has 20 heavy (non-hydrogen) atoms. The molecule has 0 saturated heterocycles. The molecule has 0 amide bonds. The Hall–Kier alpha value is -1.29. The standard InChI is InChI=1S/C15H16Cl2N2O/c1-2-8-18-10-14-13(17)6-7-15(19-14)20-12-5-3-4-11(16)9-12/h3-7,9,18H,2,8,10H2,1H3. The fourth-order valence-electron chi connectivity index (χ4n) is 1.68. The van der Waals surface area contributed by atoms with E-state index < -0.39 is 0 Å². The number of benzene rings is 1. The van der Waals surface area contributed by atoms with Gasteiger partial charge in [-0.2, -0.15) is 0 Å². The van der Waals surface area contributed by atoms with Crippen LogP contribution in [-0.4, -0.2) is 11.5 Å². The lowest BCUT2D eigenvalue weighted by Crippen LogP contribution is -2.15. The number of halogens is 2. The van der Waals surface area contributed by atoms with E-state index in [9.17, 15) is 0 Å². The van der Waals surface area contributed by atoms with Gasteiger partial charge in [-0.15, -0.1) is 0 Å². The number of pyridine rings is 1. The molecule has 0 saturated carbocycles. The first-order valence-electron chi connectivity index (χ1n) is 6.48. The van der Waals surface area contributed by atoms with E-state index in [2.05, 4.69) is 17.2 Å². The van der Waals surface area contributed by atoms with Crippen molar-refractivity contribution >= 4 is 23.2 Å². The molecule has 1 aromatic carbocycles. The topological polar surface area (TPSA) is 34.2 Å². The van der Waals surface area contributed by atoms with Crippen LogP contribution in [0.2, 0.25) is 10.0 Å². The predicted octanol–water partition coefficient (Wildman–Crippen LogP) is 4.68. The van der Waals surface area contributed by atoms with Crippen LogP contribution in [0.15, 0.2) is 36.4 Å². The summed E-state index contributed by atoms with van der Waals surface area (Å²) >= 11 is 12.0. The van der Waals surface area contributed by atoms with Gasteiger partial charge in [0.15, 0.2) is 0 Å². The molecule has 2 rings (SSSR count). The minimum absolute atomic E-state index is 0.505. The molecule has 3 nitrogen and oxygen atoms in total. The van der Waals surface area contributed by atoms with Crippen LogP contribution < -0.4 is 10.1 Å². The minimum Gasteiger partial charge on any atom is -0.439 e. The van der Waals surface area contributed by atoms with Crippen molar-refractivity contribution in [3.8, 4) is 11.6 Å². The van der Waals surface area contributed by atoms with E-state index in [1.807, 2.05) is 12.1 Å². The summed E-state index contributed by atoms with van der Waals surface area (Å²) in [6.45, 7) is 3.66. The van der Waals surface area contributed by atoms with Crippen LogP contribution in [0.3, 0.4) is 0 Å². The summed E-state index contributed by atoms with van der Waals surface area (Å²) in [5.41, 5.74) is 0.777. The highest BCUT2D eigenvalue weighted by molar-refractivity contribution is 6.31. The zero-order valence-corrected chi connectivity index (χ0v) is 12.7. The molecule has 1 aromatic heterocycles. The SMILES string of the molecule is CCCNCc1nc(Oc2cccc(Cl)c2)ccc1Cl. The van der Waals surface area contributed by atoms with Gasteiger partial charge in [-0.3, -0.25) is 0 Å². The van der Waals surface area contributed by atoms with Gasteiger partial charge in [0, 0.05) is 17.6 Å². The molecule has 106 valence electrons. The average Bonchev–Trinajstić information content (AvgIpc) is 2.42. The maximum absolute atomic E-state index is 6.12. The van der Waals surface area contributed by atoms with Crippen molar-refractivity contribution in [3.05, 3.63) is 52.1 Å². The van der Waals surface area contributed by atoms with Crippen molar-refractivity contribution in [2.45, 2.75) is 19.9 Å². The zero-order chi connectivity index (χ0) is 14.4. The number of aromatic nitrogens is 1. The Morgan fingerprint density at radius 1 is 1.20 bits per heavy atom. The highest BCUT2D eigenvalue weighted by Gasteiger charge is 2.06. The molecule has 5 heteroatoms. The lowest BCUT2D eigenvalue weighted by Gasteiger charge is -2.09. The molecular formula is C15H16Cl2N2O. The highest BCUT2D eigenvalue weighted by Crippen LogP contribution is 2.25. The Morgan fingerprint density at radius 2 is 2.05 bits per heavy atom. The molecule has 1 heterocycles. The second-order valence-electron chi connectivity index (χ2n) is 4.31. The lowest BCUT2D eigenvalue weighted by molar-refractivity contribution is 0.459. The highest BCUT2D eigenvalue weighted by atomic mass is 35.5. The fraction of sp³-hybridized carbons (Fsp3) is 0.267. The zero-order valence-electron chi connectivity index (χ0n) is 11.2. The molecule has 0 aliphatic rings. The van der Waals surface area contributed by atoms with Gasteiger partial charge in [0.1, 0.15) is 5.75 Å². The number of nitrogens with zero attached hydrogens (tertiary/aromatic N) is 1. The van der Waals surface area contributed by atoms with E-state index >= 15 is 0 Å². The van der Waals surface area contributed by atoms with Crippen LogP contribution in [0.1, 0.15) is 19.0 Å². The number of hydrogen-bond acceptors (Lipinski definition) is 3. The summed E-state index contributed by atoms with van der Waals surface area (Å²) in [5.74, 6) is 1.16. The molecule has 0 aliphatic carbocycles. The van der Waals surface area contributed by atoms with Crippen LogP contribution >= 0.6 is 23.2 Å². The Labute approximate surface area is 128 Å². The third kappa shape index (κ3) is 4.37. The van der Waals surface area contributed by atoms with Crippen molar-refractivity contribution in [2.75, 3.05) is 6.54 Å². The van der Waals surface area contributed by atoms with Gasteiger partial charge in [-0.1, -0.05) is 36.2 Å². The lowest BCUT2D eigenvalue weighted by atomic mass is 10.3. The van der Waals surface area contributed by atoms with E-state index in [-0.39, 0.29) is 0 Å². The summed E-state index contributed by atoms with van der Waals surface area (Å²) in [4.78, 5) is 4.41. The monoisotopic (exact) mass is 310 g/mol. The molecule has 2 aromatic rings. The van der Waals surface area contributed by atoms with Gasteiger partial charge in [0.2, 0.25) is 5.88 Å². The number of ether oxygens (including phenoxy) is 1. The molecule has 0 aliphatic heterocycles. The molecule has 0 spiro atoms. The molecule has 1 N–H and O–H groups in total. The number of nitrogens with one attached hydrogen (secondary N) is 1. The van der Waals surface area contributed by atoms with Crippen LogP contribution in [0.5, 0.6) is 11.6 Å². The van der Waals surface area contributed by atoms with Gasteiger partial charge < -0.3 is 10.1 Å². The van der Waals surface area contributed by atoms with Crippen molar-refractivity contribution in [3.63, 3.8) is 0 Å². The maximum atomic E-state index is 6.12. The second kappa shape index (κ2) is 7.48. The van der Waals surface area contributed by atoms with E-state index in [1.54, 1.807) is 24.3 Å². The minimum atomic E-state index is 0.505. The summed E-state index contributed by atoms with van der Waals surface area (Å²) < 4.78 is 5.68. The Morgan fingerprint density at radius 3 is 2.80 bits per heavy atom. The molecular weight excluding hydrogens is 295 g/mol. The molecule has 0 fully saturated rings. The van der Waals surface area contributed by atoms with Crippen molar-refractivity contribution in [2.24, 2.45) is 0 Å². The molecule has 0 unspecified atom stereocenters. The first-order chi connectivity index (χ1) is 9.69. The number of hydrogen-bond donors (Lipinski definition) is 1.